The Morgan fingerprint density at radius 1 is 1.16 bits per heavy atom. The number of nitrogens with one attached hydrogen (secondary N) is 2. The van der Waals surface area contributed by atoms with Crippen LogP contribution in [0.1, 0.15) is 64.5 Å². The van der Waals surface area contributed by atoms with E-state index in [0.29, 0.717) is 25.0 Å². The highest BCUT2D eigenvalue weighted by atomic mass is 16.5. The number of benzene rings is 1. The van der Waals surface area contributed by atoms with Crippen molar-refractivity contribution in [2.45, 2.75) is 89.3 Å². The average Bonchev–Trinajstić information content (AvgIpc) is 3.40. The van der Waals surface area contributed by atoms with Crippen LogP contribution in [-0.2, 0) is 33.4 Å². The molecule has 2 aliphatic heterocycles. The monoisotopic (exact) mass is 594 g/mol. The first-order chi connectivity index (χ1) is 20.6. The van der Waals surface area contributed by atoms with E-state index < -0.39 is 47.7 Å². The normalized spacial score (nSPS) is 28.9. The molecule has 1 aromatic rings. The average molecular weight is 595 g/mol. The molecular weight excluding hydrogens is 552 g/mol. The molecule has 0 radical (unpaired) electrons. The SMILES string of the molecule is CCCC(NC(=O)[C@@H]1CC2CN1C(=O)[C@H](c1ccccc1)NC(=O)CC1=CC(OCC[C@@H](C)O2)C(C)C=C1)C(=O)C(N)=O. The summed E-state index contributed by atoms with van der Waals surface area (Å²) < 4.78 is 12.4. The van der Waals surface area contributed by atoms with Gasteiger partial charge in [0, 0.05) is 25.5 Å². The lowest BCUT2D eigenvalue weighted by Gasteiger charge is -2.30. The summed E-state index contributed by atoms with van der Waals surface area (Å²) >= 11 is 0. The molecule has 1 aromatic carbocycles. The number of nitrogens with two attached hydrogens (primary N) is 1. The number of carbonyl (C=O) groups is 5. The first-order valence-corrected chi connectivity index (χ1v) is 15.0. The molecule has 3 aliphatic rings. The Morgan fingerprint density at radius 2 is 1.91 bits per heavy atom. The maximum atomic E-state index is 14.2. The largest absolute Gasteiger partial charge is 0.373 e. The summed E-state index contributed by atoms with van der Waals surface area (Å²) in [6.45, 7) is 6.34. The molecule has 1 aliphatic carbocycles. The quantitative estimate of drug-likeness (QED) is 0.407. The second-order valence-electron chi connectivity index (χ2n) is 11.6. The molecule has 11 nitrogen and oxygen atoms in total. The molecule has 2 heterocycles. The van der Waals surface area contributed by atoms with E-state index in [4.69, 9.17) is 15.2 Å². The second-order valence-corrected chi connectivity index (χ2v) is 11.6. The van der Waals surface area contributed by atoms with Crippen LogP contribution in [0.25, 0.3) is 0 Å². The van der Waals surface area contributed by atoms with E-state index in [1.807, 2.05) is 38.1 Å². The molecule has 1 saturated heterocycles. The number of fused-ring (bicyclic) bond motifs is 3. The van der Waals surface area contributed by atoms with Crippen molar-refractivity contribution < 1.29 is 33.4 Å². The second kappa shape index (κ2) is 14.6. The molecule has 0 aromatic heterocycles. The number of nitrogens with zero attached hydrogens (tertiary/aromatic N) is 1. The summed E-state index contributed by atoms with van der Waals surface area (Å²) in [7, 11) is 0. The van der Waals surface area contributed by atoms with E-state index in [0.717, 1.165) is 5.57 Å². The molecule has 232 valence electrons. The Kier molecular flexibility index (Phi) is 10.9. The van der Waals surface area contributed by atoms with Gasteiger partial charge in [-0.15, -0.1) is 0 Å². The third-order valence-electron chi connectivity index (χ3n) is 8.12. The Labute approximate surface area is 252 Å². The summed E-state index contributed by atoms with van der Waals surface area (Å²) in [6, 6.07) is 5.69. The maximum absolute atomic E-state index is 14.2. The predicted molar refractivity (Wildman–Crippen MR) is 158 cm³/mol. The molecule has 11 heteroatoms. The van der Waals surface area contributed by atoms with Gasteiger partial charge in [-0.25, -0.2) is 0 Å². The molecule has 1 fully saturated rings. The Hall–Kier alpha value is -3.83. The Bertz CT molecular complexity index is 1260. The van der Waals surface area contributed by atoms with Crippen molar-refractivity contribution in [3.8, 4) is 0 Å². The number of amides is 4. The van der Waals surface area contributed by atoms with Crippen LogP contribution in [0.4, 0.5) is 0 Å². The minimum absolute atomic E-state index is 0.0552. The molecule has 4 bridgehead atoms. The standard InChI is InChI=1S/C32H42N4O7/c1-4-8-24(29(38)30(33)39)34-31(40)25-17-23-18-36(25)32(41)28(22-9-6-5-7-10-22)35-27(37)16-21-12-11-19(2)26(15-21)42-14-13-20(3)43-23/h5-7,9-12,15,19-20,23-26,28H,4,8,13-14,16-18H2,1-3H3,(H2,33,39)(H,34,40)(H,35,37)/t19?,20-,23?,24?,25+,26?,28+/m1/s1. The van der Waals surface area contributed by atoms with Crippen molar-refractivity contribution in [2.75, 3.05) is 13.2 Å². The van der Waals surface area contributed by atoms with Gasteiger partial charge in [-0.2, -0.15) is 0 Å². The van der Waals surface area contributed by atoms with Crippen LogP contribution in [0.15, 0.2) is 54.1 Å². The van der Waals surface area contributed by atoms with Gasteiger partial charge in [-0.3, -0.25) is 24.0 Å². The zero-order valence-corrected chi connectivity index (χ0v) is 25.0. The molecular formula is C32H42N4O7. The van der Waals surface area contributed by atoms with Crippen LogP contribution in [0, 0.1) is 5.92 Å². The number of ketones is 1. The Balaban J connectivity index is 1.66. The molecule has 43 heavy (non-hydrogen) atoms. The number of hydrogen-bond acceptors (Lipinski definition) is 7. The van der Waals surface area contributed by atoms with E-state index >= 15 is 0 Å². The molecule has 4 N–H and O–H groups in total. The van der Waals surface area contributed by atoms with Gasteiger partial charge in [0.05, 0.1) is 30.8 Å². The molecule has 4 amide bonds. The highest BCUT2D eigenvalue weighted by Gasteiger charge is 2.44. The van der Waals surface area contributed by atoms with Gasteiger partial charge in [-0.1, -0.05) is 68.8 Å². The zero-order valence-electron chi connectivity index (χ0n) is 25.0. The number of Topliss-reactive ketones (excluding diaryl/α,β-unsaturated/α-hetero) is 1. The van der Waals surface area contributed by atoms with Gasteiger partial charge in [0.15, 0.2) is 0 Å². The fraction of sp³-hybridized carbons (Fsp3) is 0.531. The fourth-order valence-corrected chi connectivity index (χ4v) is 5.77. The van der Waals surface area contributed by atoms with Crippen molar-refractivity contribution in [1.29, 1.82) is 0 Å². The van der Waals surface area contributed by atoms with Crippen LogP contribution in [0.5, 0.6) is 0 Å². The summed E-state index contributed by atoms with van der Waals surface area (Å²) in [5.74, 6) is -3.30. The van der Waals surface area contributed by atoms with E-state index in [9.17, 15) is 24.0 Å². The highest BCUT2D eigenvalue weighted by molar-refractivity contribution is 6.37. The third kappa shape index (κ3) is 8.17. The van der Waals surface area contributed by atoms with Crippen LogP contribution in [0.3, 0.4) is 0 Å². The van der Waals surface area contributed by atoms with E-state index in [-0.39, 0.29) is 49.8 Å². The highest BCUT2D eigenvalue weighted by Crippen LogP contribution is 2.28. The molecule has 4 unspecified atom stereocenters. The first-order valence-electron chi connectivity index (χ1n) is 15.0. The number of allylic oxidation sites excluding steroid dienone is 1. The minimum atomic E-state index is -1.14. The van der Waals surface area contributed by atoms with Gasteiger partial charge in [0.1, 0.15) is 12.1 Å². The maximum Gasteiger partial charge on any atom is 0.287 e. The molecule has 0 saturated carbocycles. The summed E-state index contributed by atoms with van der Waals surface area (Å²) in [4.78, 5) is 66.6. The van der Waals surface area contributed by atoms with Crippen molar-refractivity contribution in [2.24, 2.45) is 11.7 Å². The Morgan fingerprint density at radius 3 is 2.60 bits per heavy atom. The van der Waals surface area contributed by atoms with Crippen LogP contribution < -0.4 is 16.4 Å². The van der Waals surface area contributed by atoms with Crippen molar-refractivity contribution in [3.05, 3.63) is 59.7 Å². The van der Waals surface area contributed by atoms with Crippen LogP contribution >= 0.6 is 0 Å². The molecule has 4 rings (SSSR count). The topological polar surface area (TPSA) is 157 Å². The van der Waals surface area contributed by atoms with Gasteiger partial charge in [-0.05, 0) is 30.9 Å². The van der Waals surface area contributed by atoms with E-state index in [1.165, 1.54) is 4.90 Å². The van der Waals surface area contributed by atoms with Gasteiger partial charge < -0.3 is 30.7 Å². The lowest BCUT2D eigenvalue weighted by Crippen LogP contribution is -2.54. The number of hydrogen-bond donors (Lipinski definition) is 3. The van der Waals surface area contributed by atoms with Crippen molar-refractivity contribution >= 4 is 29.4 Å². The fourth-order valence-electron chi connectivity index (χ4n) is 5.77. The van der Waals surface area contributed by atoms with Gasteiger partial charge >= 0.3 is 0 Å². The molecule has 0 spiro atoms. The lowest BCUT2D eigenvalue weighted by atomic mass is 9.93. The number of primary amides is 1. The first kappa shape index (κ1) is 32.1. The van der Waals surface area contributed by atoms with E-state index in [1.54, 1.807) is 24.3 Å². The van der Waals surface area contributed by atoms with Crippen molar-refractivity contribution in [1.82, 2.24) is 15.5 Å². The minimum Gasteiger partial charge on any atom is -0.373 e. The van der Waals surface area contributed by atoms with E-state index in [2.05, 4.69) is 17.6 Å². The zero-order chi connectivity index (χ0) is 31.1. The summed E-state index contributed by atoms with van der Waals surface area (Å²) in [5.41, 5.74) is 6.58. The molecule has 7 atom stereocenters. The predicted octanol–water partition coefficient (Wildman–Crippen LogP) is 1.87. The van der Waals surface area contributed by atoms with Crippen LogP contribution in [-0.4, -0.2) is 77.9 Å². The lowest BCUT2D eigenvalue weighted by molar-refractivity contribution is -0.143. The van der Waals surface area contributed by atoms with Gasteiger partial charge in [0.25, 0.3) is 11.8 Å². The summed E-state index contributed by atoms with van der Waals surface area (Å²) in [6.07, 6.45) is 6.56. The third-order valence-corrected chi connectivity index (χ3v) is 8.12. The van der Waals surface area contributed by atoms with Crippen LogP contribution in [0.2, 0.25) is 0 Å². The smallest absolute Gasteiger partial charge is 0.287 e. The summed E-state index contributed by atoms with van der Waals surface area (Å²) in [5, 5.41) is 5.54. The van der Waals surface area contributed by atoms with Crippen molar-refractivity contribution in [3.63, 3.8) is 0 Å². The number of carbonyl (C=O) groups excluding carboxylic acids is 5. The number of rotatable bonds is 7. The van der Waals surface area contributed by atoms with Gasteiger partial charge in [0.2, 0.25) is 17.6 Å². The number of ether oxygens (including phenoxy) is 2.